The average Bonchev–Trinajstić information content (AvgIpc) is 3.14. The summed E-state index contributed by atoms with van der Waals surface area (Å²) in [6, 6.07) is 10.9. The van der Waals surface area contributed by atoms with Crippen LogP contribution in [0.3, 0.4) is 0 Å². The number of hydrogen-bond donors (Lipinski definition) is 1. The van der Waals surface area contributed by atoms with Gasteiger partial charge in [0.1, 0.15) is 16.6 Å². The average molecular weight is 358 g/mol. The third-order valence-corrected chi connectivity index (χ3v) is 4.79. The highest BCUT2D eigenvalue weighted by Crippen LogP contribution is 2.32. The Kier molecular flexibility index (Phi) is 4.82. The number of hydrogen-bond acceptors (Lipinski definition) is 5. The molecule has 0 aliphatic carbocycles. The number of nitrogens with one attached hydrogen (secondary N) is 1. The van der Waals surface area contributed by atoms with E-state index in [0.717, 1.165) is 23.0 Å². The van der Waals surface area contributed by atoms with Gasteiger partial charge in [0.25, 0.3) is 5.91 Å². The van der Waals surface area contributed by atoms with Crippen LogP contribution in [0.4, 0.5) is 5.69 Å². The van der Waals surface area contributed by atoms with Gasteiger partial charge >= 0.3 is 0 Å². The van der Waals surface area contributed by atoms with E-state index < -0.39 is 0 Å². The van der Waals surface area contributed by atoms with Crippen LogP contribution in [0, 0.1) is 6.92 Å². The van der Waals surface area contributed by atoms with Gasteiger partial charge in [-0.15, -0.1) is 0 Å². The Hall–Kier alpha value is -2.38. The lowest BCUT2D eigenvalue weighted by Gasteiger charge is -2.15. The molecule has 122 valence electrons. The lowest BCUT2D eigenvalue weighted by molar-refractivity contribution is -0.126. The molecule has 1 aromatic heterocycles. The zero-order valence-electron chi connectivity index (χ0n) is 12.8. The number of aryl methyl sites for hydroxylation is 1. The second kappa shape index (κ2) is 7.02. The van der Waals surface area contributed by atoms with Crippen LogP contribution in [0.5, 0.6) is 0 Å². The van der Waals surface area contributed by atoms with Gasteiger partial charge in [-0.25, -0.2) is 0 Å². The quantitative estimate of drug-likeness (QED) is 0.670. The summed E-state index contributed by atoms with van der Waals surface area (Å²) in [5.41, 5.74) is 1.67. The molecule has 0 radical (unpaired) electrons. The first kappa shape index (κ1) is 16.5. The number of carbonyl (C=O) groups excluding carboxylic acids is 2. The molecule has 2 heterocycles. The molecule has 2 amide bonds. The fraction of sp³-hybridized carbons (Fsp3) is 0.118. The first-order chi connectivity index (χ1) is 11.5. The number of para-hydroxylation sites is 1. The fourth-order valence-electron chi connectivity index (χ4n) is 2.19. The third kappa shape index (κ3) is 3.58. The maximum atomic E-state index is 12.4. The van der Waals surface area contributed by atoms with E-state index in [9.17, 15) is 9.59 Å². The summed E-state index contributed by atoms with van der Waals surface area (Å²) in [6.07, 6.45) is 3.15. The molecule has 1 aromatic carbocycles. The van der Waals surface area contributed by atoms with E-state index >= 15 is 0 Å². The van der Waals surface area contributed by atoms with Crippen LogP contribution in [0.25, 0.3) is 6.08 Å². The van der Waals surface area contributed by atoms with Crippen molar-refractivity contribution >= 4 is 51.9 Å². The zero-order valence-corrected chi connectivity index (χ0v) is 14.4. The number of amides is 2. The lowest BCUT2D eigenvalue weighted by atomic mass is 10.2. The summed E-state index contributed by atoms with van der Waals surface area (Å²) in [5, 5.41) is 2.80. The molecule has 3 rings (SSSR count). The predicted octanol–water partition coefficient (Wildman–Crippen LogP) is 3.43. The number of thiocarbonyl (C=S) groups is 1. The molecule has 1 saturated heterocycles. The Bertz CT molecular complexity index is 828. The van der Waals surface area contributed by atoms with Crippen LogP contribution in [0.15, 0.2) is 52.0 Å². The molecule has 5 nitrogen and oxygen atoms in total. The van der Waals surface area contributed by atoms with Gasteiger partial charge in [0.2, 0.25) is 5.91 Å². The predicted molar refractivity (Wildman–Crippen MR) is 98.4 cm³/mol. The van der Waals surface area contributed by atoms with Crippen LogP contribution in [0.1, 0.15) is 11.3 Å². The van der Waals surface area contributed by atoms with E-state index in [4.69, 9.17) is 16.6 Å². The van der Waals surface area contributed by atoms with E-state index in [1.54, 1.807) is 18.2 Å². The van der Waals surface area contributed by atoms with Gasteiger partial charge < -0.3 is 9.73 Å². The number of anilines is 1. The molecule has 1 fully saturated rings. The molecule has 7 heteroatoms. The molecule has 1 N–H and O–H groups in total. The number of carbonyl (C=O) groups is 2. The van der Waals surface area contributed by atoms with E-state index in [1.165, 1.54) is 11.2 Å². The summed E-state index contributed by atoms with van der Waals surface area (Å²) >= 11 is 6.38. The Morgan fingerprint density at radius 3 is 2.83 bits per heavy atom. The topological polar surface area (TPSA) is 62.6 Å². The van der Waals surface area contributed by atoms with Crippen molar-refractivity contribution in [2.45, 2.75) is 6.92 Å². The Labute approximate surface area is 148 Å². The Morgan fingerprint density at radius 2 is 2.12 bits per heavy atom. The van der Waals surface area contributed by atoms with Crippen LogP contribution >= 0.6 is 24.0 Å². The third-order valence-electron chi connectivity index (χ3n) is 3.41. The molecule has 0 unspecified atom stereocenters. The van der Waals surface area contributed by atoms with Crippen molar-refractivity contribution in [2.75, 3.05) is 11.9 Å². The smallest absolute Gasteiger partial charge is 0.266 e. The lowest BCUT2D eigenvalue weighted by Crippen LogP contribution is -2.36. The van der Waals surface area contributed by atoms with Gasteiger partial charge in [0, 0.05) is 11.8 Å². The van der Waals surface area contributed by atoms with Crippen molar-refractivity contribution in [3.05, 3.63) is 58.9 Å². The van der Waals surface area contributed by atoms with Crippen LogP contribution in [0.2, 0.25) is 0 Å². The highest BCUT2D eigenvalue weighted by Gasteiger charge is 2.33. The van der Waals surface area contributed by atoms with Crippen molar-refractivity contribution in [3.8, 4) is 0 Å². The first-order valence-corrected chi connectivity index (χ1v) is 8.41. The summed E-state index contributed by atoms with van der Waals surface area (Å²) in [5.74, 6) is -0.0129. The van der Waals surface area contributed by atoms with Crippen molar-refractivity contribution in [1.82, 2.24) is 4.90 Å². The van der Waals surface area contributed by atoms with Gasteiger partial charge in [-0.1, -0.05) is 42.2 Å². The van der Waals surface area contributed by atoms with Gasteiger partial charge in [-0.05, 0) is 30.7 Å². The standard InChI is InChI=1S/C17H14N2O3S2/c1-11-5-2-3-7-13(11)18-15(20)10-19-16(21)14(24-17(19)23)9-12-6-4-8-22-12/h2-9H,10H2,1H3,(H,18,20)/b14-9-. The van der Waals surface area contributed by atoms with E-state index in [1.807, 2.05) is 31.2 Å². The molecular weight excluding hydrogens is 344 g/mol. The maximum Gasteiger partial charge on any atom is 0.266 e. The minimum absolute atomic E-state index is 0.117. The summed E-state index contributed by atoms with van der Waals surface area (Å²) in [4.78, 5) is 26.4. The van der Waals surface area contributed by atoms with Crippen molar-refractivity contribution in [2.24, 2.45) is 0 Å². The monoisotopic (exact) mass is 358 g/mol. The van der Waals surface area contributed by atoms with Crippen molar-refractivity contribution in [1.29, 1.82) is 0 Å². The summed E-state index contributed by atoms with van der Waals surface area (Å²) < 4.78 is 5.56. The number of benzene rings is 1. The molecular formula is C17H14N2O3S2. The minimum atomic E-state index is -0.292. The summed E-state index contributed by atoms with van der Waals surface area (Å²) in [6.45, 7) is 1.79. The van der Waals surface area contributed by atoms with E-state index in [-0.39, 0.29) is 18.4 Å². The maximum absolute atomic E-state index is 12.4. The number of nitrogens with zero attached hydrogens (tertiary/aromatic N) is 1. The van der Waals surface area contributed by atoms with Crippen LogP contribution in [-0.4, -0.2) is 27.6 Å². The highest BCUT2D eigenvalue weighted by atomic mass is 32.2. The Balaban J connectivity index is 1.69. The van der Waals surface area contributed by atoms with Gasteiger partial charge in [-0.2, -0.15) is 0 Å². The number of rotatable bonds is 4. The second-order valence-electron chi connectivity index (χ2n) is 5.15. The molecule has 1 aliphatic rings. The fourth-order valence-corrected chi connectivity index (χ4v) is 3.42. The molecule has 24 heavy (non-hydrogen) atoms. The summed E-state index contributed by atoms with van der Waals surface area (Å²) in [7, 11) is 0. The van der Waals surface area contributed by atoms with Crippen molar-refractivity contribution < 1.29 is 14.0 Å². The van der Waals surface area contributed by atoms with Gasteiger partial charge in [0.15, 0.2) is 0 Å². The van der Waals surface area contributed by atoms with E-state index in [2.05, 4.69) is 5.32 Å². The van der Waals surface area contributed by atoms with Gasteiger partial charge in [-0.3, -0.25) is 14.5 Å². The largest absolute Gasteiger partial charge is 0.465 e. The Morgan fingerprint density at radius 1 is 1.33 bits per heavy atom. The number of furan rings is 1. The molecule has 0 spiro atoms. The van der Waals surface area contributed by atoms with Crippen LogP contribution in [-0.2, 0) is 9.59 Å². The molecule has 0 saturated carbocycles. The SMILES string of the molecule is Cc1ccccc1NC(=O)CN1C(=O)/C(=C/c2ccco2)SC1=S. The first-order valence-electron chi connectivity index (χ1n) is 7.19. The molecule has 0 bridgehead atoms. The van der Waals surface area contributed by atoms with Gasteiger partial charge in [0.05, 0.1) is 11.2 Å². The highest BCUT2D eigenvalue weighted by molar-refractivity contribution is 8.26. The molecule has 2 aromatic rings. The molecule has 0 atom stereocenters. The minimum Gasteiger partial charge on any atom is -0.465 e. The zero-order chi connectivity index (χ0) is 17.1. The van der Waals surface area contributed by atoms with E-state index in [0.29, 0.717) is 15.0 Å². The van der Waals surface area contributed by atoms with Crippen molar-refractivity contribution in [3.63, 3.8) is 0 Å². The molecule has 1 aliphatic heterocycles. The number of thioether (sulfide) groups is 1. The van der Waals surface area contributed by atoms with Crippen LogP contribution < -0.4 is 5.32 Å². The second-order valence-corrected chi connectivity index (χ2v) is 6.82. The normalized spacial score (nSPS) is 16.0.